The first-order valence-corrected chi connectivity index (χ1v) is 10.0. The lowest BCUT2D eigenvalue weighted by Crippen LogP contribution is -2.29. The van der Waals surface area contributed by atoms with Crippen molar-refractivity contribution in [3.05, 3.63) is 53.3 Å². The van der Waals surface area contributed by atoms with Gasteiger partial charge in [0.05, 0.1) is 16.8 Å². The Balaban J connectivity index is 2.08. The Morgan fingerprint density at radius 2 is 1.28 bits per heavy atom. The van der Waals surface area contributed by atoms with Gasteiger partial charge in [-0.2, -0.15) is 0 Å². The zero-order valence-corrected chi connectivity index (χ0v) is 18.8. The zero-order valence-electron chi connectivity index (χ0n) is 12.5. The van der Waals surface area contributed by atoms with Crippen LogP contribution >= 0.6 is 63.7 Å². The first kappa shape index (κ1) is 18.8. The normalized spacial score (nSPS) is 13.2. The fourth-order valence-corrected chi connectivity index (χ4v) is 4.94. The number of amides is 3. The third kappa shape index (κ3) is 3.11. The van der Waals surface area contributed by atoms with Crippen molar-refractivity contribution in [1.82, 2.24) is 0 Å². The van der Waals surface area contributed by atoms with E-state index in [1.54, 1.807) is 24.3 Å². The van der Waals surface area contributed by atoms with E-state index in [0.29, 0.717) is 29.3 Å². The Kier molecular flexibility index (Phi) is 5.21. The first-order valence-electron chi connectivity index (χ1n) is 6.86. The van der Waals surface area contributed by atoms with Gasteiger partial charge >= 0.3 is 0 Å². The Bertz CT molecular complexity index is 895. The van der Waals surface area contributed by atoms with E-state index in [0.717, 1.165) is 4.90 Å². The molecule has 1 N–H and O–H groups in total. The number of hydrogen-bond donors (Lipinski definition) is 1. The van der Waals surface area contributed by atoms with Gasteiger partial charge < -0.3 is 5.32 Å². The number of carbonyl (C=O) groups is 3. The highest BCUT2D eigenvalue weighted by atomic mass is 79.9. The Morgan fingerprint density at radius 3 is 1.68 bits per heavy atom. The highest BCUT2D eigenvalue weighted by molar-refractivity contribution is 9.15. The Hall–Kier alpha value is -1.03. The van der Waals surface area contributed by atoms with Crippen molar-refractivity contribution in [1.29, 1.82) is 0 Å². The maximum absolute atomic E-state index is 12.9. The first-order chi connectivity index (χ1) is 11.7. The summed E-state index contributed by atoms with van der Waals surface area (Å²) in [5.74, 6) is -1.04. The quantitative estimate of drug-likeness (QED) is 0.284. The predicted molar refractivity (Wildman–Crippen MR) is 109 cm³/mol. The molecule has 0 bridgehead atoms. The number of nitrogens with one attached hydrogen (secondary N) is 1. The molecule has 0 atom stereocenters. The summed E-state index contributed by atoms with van der Waals surface area (Å²) < 4.78 is 2.30. The van der Waals surface area contributed by atoms with Gasteiger partial charge in [0.25, 0.3) is 11.8 Å². The highest BCUT2D eigenvalue weighted by Gasteiger charge is 2.41. The van der Waals surface area contributed by atoms with Crippen LogP contribution in [-0.2, 0) is 4.79 Å². The van der Waals surface area contributed by atoms with Crippen LogP contribution in [0.1, 0.15) is 27.6 Å². The molecule has 0 fully saturated rings. The van der Waals surface area contributed by atoms with Gasteiger partial charge in [0.15, 0.2) is 0 Å². The van der Waals surface area contributed by atoms with E-state index in [2.05, 4.69) is 69.0 Å². The molecule has 0 radical (unpaired) electrons. The van der Waals surface area contributed by atoms with Crippen molar-refractivity contribution >= 4 is 92.8 Å². The van der Waals surface area contributed by atoms with Crippen molar-refractivity contribution in [3.8, 4) is 0 Å². The molecular formula is C16H8Br4N2O3. The second-order valence-corrected chi connectivity index (χ2v) is 8.35. The van der Waals surface area contributed by atoms with E-state index in [-0.39, 0.29) is 17.0 Å². The van der Waals surface area contributed by atoms with Crippen LogP contribution in [0.5, 0.6) is 0 Å². The van der Waals surface area contributed by atoms with Crippen LogP contribution in [0.3, 0.4) is 0 Å². The van der Waals surface area contributed by atoms with Crippen LogP contribution in [0.15, 0.2) is 42.2 Å². The summed E-state index contributed by atoms with van der Waals surface area (Å²) >= 11 is 13.5. The number of rotatable bonds is 2. The van der Waals surface area contributed by atoms with E-state index in [1.165, 1.54) is 6.92 Å². The molecule has 0 aliphatic carbocycles. The Labute approximate surface area is 176 Å². The van der Waals surface area contributed by atoms with Crippen LogP contribution in [-0.4, -0.2) is 17.7 Å². The minimum absolute atomic E-state index is 0.198. The van der Waals surface area contributed by atoms with Gasteiger partial charge in [-0.3, -0.25) is 14.4 Å². The molecule has 2 aromatic carbocycles. The standard InChI is InChI=1S/C16H8Br4N2O3/c1-6(23)21-7-2-4-8(5-3-7)22-15(24)9-10(16(22)25)12(18)14(20)13(19)11(9)17/h2-5H,1H3,(H,21,23). The summed E-state index contributed by atoms with van der Waals surface area (Å²) in [5.41, 5.74) is 1.59. The summed E-state index contributed by atoms with van der Waals surface area (Å²) in [6.07, 6.45) is 0. The SMILES string of the molecule is CC(=O)Nc1ccc(N2C(=O)c3c(Br)c(Br)c(Br)c(Br)c3C2=O)cc1. The lowest BCUT2D eigenvalue weighted by Gasteiger charge is -2.14. The zero-order chi connectivity index (χ0) is 18.5. The lowest BCUT2D eigenvalue weighted by atomic mass is 10.1. The average molecular weight is 596 g/mol. The number of nitrogens with zero attached hydrogens (tertiary/aromatic N) is 1. The van der Waals surface area contributed by atoms with E-state index in [9.17, 15) is 14.4 Å². The van der Waals surface area contributed by atoms with E-state index in [1.807, 2.05) is 0 Å². The average Bonchev–Trinajstić information content (AvgIpc) is 2.82. The molecule has 0 unspecified atom stereocenters. The predicted octanol–water partition coefficient (Wildman–Crippen LogP) is 5.50. The van der Waals surface area contributed by atoms with E-state index >= 15 is 0 Å². The van der Waals surface area contributed by atoms with Crippen LogP contribution in [0.25, 0.3) is 0 Å². The molecule has 9 heteroatoms. The van der Waals surface area contributed by atoms with E-state index in [4.69, 9.17) is 0 Å². The minimum Gasteiger partial charge on any atom is -0.326 e. The van der Waals surface area contributed by atoms with Crippen LogP contribution in [0.4, 0.5) is 11.4 Å². The molecule has 3 amide bonds. The highest BCUT2D eigenvalue weighted by Crippen LogP contribution is 2.46. The van der Waals surface area contributed by atoms with Crippen molar-refractivity contribution < 1.29 is 14.4 Å². The van der Waals surface area contributed by atoms with Crippen molar-refractivity contribution in [2.45, 2.75) is 6.92 Å². The second kappa shape index (κ2) is 6.94. The maximum Gasteiger partial charge on any atom is 0.267 e. The molecule has 0 saturated carbocycles. The van der Waals surface area contributed by atoms with Gasteiger partial charge in [-0.05, 0) is 88.0 Å². The van der Waals surface area contributed by atoms with Crippen molar-refractivity contribution in [2.75, 3.05) is 10.2 Å². The topological polar surface area (TPSA) is 66.5 Å². The lowest BCUT2D eigenvalue weighted by molar-refractivity contribution is -0.114. The monoisotopic (exact) mass is 592 g/mol. The van der Waals surface area contributed by atoms with Gasteiger partial charge in [0, 0.05) is 30.5 Å². The number of halogens is 4. The molecule has 1 heterocycles. The fourth-order valence-electron chi connectivity index (χ4n) is 2.48. The van der Waals surface area contributed by atoms with Crippen LogP contribution in [0, 0.1) is 0 Å². The molecule has 25 heavy (non-hydrogen) atoms. The van der Waals surface area contributed by atoms with Gasteiger partial charge in [-0.1, -0.05) is 0 Å². The van der Waals surface area contributed by atoms with E-state index < -0.39 is 11.8 Å². The number of carbonyl (C=O) groups excluding carboxylic acids is 3. The molecule has 2 aromatic rings. The molecule has 128 valence electrons. The fraction of sp³-hybridized carbons (Fsp3) is 0.0625. The molecule has 1 aliphatic rings. The van der Waals surface area contributed by atoms with Crippen molar-refractivity contribution in [2.24, 2.45) is 0 Å². The summed E-state index contributed by atoms with van der Waals surface area (Å²) in [5, 5.41) is 2.64. The summed E-state index contributed by atoms with van der Waals surface area (Å²) in [7, 11) is 0. The largest absolute Gasteiger partial charge is 0.326 e. The molecular weight excluding hydrogens is 588 g/mol. The number of fused-ring (bicyclic) bond motifs is 1. The van der Waals surface area contributed by atoms with Gasteiger partial charge in [-0.15, -0.1) is 0 Å². The minimum atomic E-state index is -0.423. The summed E-state index contributed by atoms with van der Waals surface area (Å²) in [4.78, 5) is 37.9. The molecule has 3 rings (SSSR count). The Morgan fingerprint density at radius 1 is 0.840 bits per heavy atom. The van der Waals surface area contributed by atoms with Crippen LogP contribution in [0.2, 0.25) is 0 Å². The van der Waals surface area contributed by atoms with Crippen molar-refractivity contribution in [3.63, 3.8) is 0 Å². The molecule has 5 nitrogen and oxygen atoms in total. The van der Waals surface area contributed by atoms with Gasteiger partial charge in [0.1, 0.15) is 0 Å². The number of benzene rings is 2. The molecule has 1 aliphatic heterocycles. The summed E-state index contributed by atoms with van der Waals surface area (Å²) in [6.45, 7) is 1.41. The smallest absolute Gasteiger partial charge is 0.267 e. The maximum atomic E-state index is 12.9. The third-order valence-corrected chi connectivity index (χ3v) is 8.32. The van der Waals surface area contributed by atoms with Crippen LogP contribution < -0.4 is 10.2 Å². The number of hydrogen-bond acceptors (Lipinski definition) is 3. The molecule has 0 aromatic heterocycles. The number of imide groups is 1. The second-order valence-electron chi connectivity index (χ2n) is 5.18. The third-order valence-electron chi connectivity index (χ3n) is 3.55. The molecule has 0 saturated heterocycles. The van der Waals surface area contributed by atoms with Gasteiger partial charge in [0.2, 0.25) is 5.91 Å². The van der Waals surface area contributed by atoms with Gasteiger partial charge in [-0.25, -0.2) is 4.90 Å². The number of anilines is 2. The summed E-state index contributed by atoms with van der Waals surface area (Å²) in [6, 6.07) is 6.49. The molecule has 0 spiro atoms.